The second-order valence-corrected chi connectivity index (χ2v) is 10.2. The van der Waals surface area contributed by atoms with E-state index in [1.54, 1.807) is 23.1 Å². The van der Waals surface area contributed by atoms with Crippen molar-refractivity contribution in [2.24, 2.45) is 0 Å². The molecule has 0 bridgehead atoms. The zero-order valence-electron chi connectivity index (χ0n) is 16.7. The molecule has 2 aromatic rings. The maximum Gasteiger partial charge on any atom is 0.410 e. The fourth-order valence-corrected chi connectivity index (χ4v) is 3.77. The number of amides is 1. The summed E-state index contributed by atoms with van der Waals surface area (Å²) in [6.45, 7) is 7.06. The van der Waals surface area contributed by atoms with Crippen LogP contribution in [0.15, 0.2) is 33.6 Å². The lowest BCUT2D eigenvalue weighted by molar-refractivity contribution is -0.0207. The van der Waals surface area contributed by atoms with E-state index in [0.717, 1.165) is 18.2 Å². The van der Waals surface area contributed by atoms with Gasteiger partial charge in [0.15, 0.2) is 9.84 Å². The van der Waals surface area contributed by atoms with E-state index in [2.05, 4.69) is 0 Å². The Bertz CT molecular complexity index is 949. The van der Waals surface area contributed by atoms with E-state index in [4.69, 9.17) is 13.9 Å². The van der Waals surface area contributed by atoms with Gasteiger partial charge in [-0.1, -0.05) is 0 Å². The topological polar surface area (TPSA) is 86.0 Å². The highest BCUT2D eigenvalue weighted by molar-refractivity contribution is 7.90. The van der Waals surface area contributed by atoms with E-state index < -0.39 is 15.4 Å². The van der Waals surface area contributed by atoms with Gasteiger partial charge in [-0.05, 0) is 57.9 Å². The summed E-state index contributed by atoms with van der Waals surface area (Å²) >= 11 is 0. The molecule has 0 atom stereocenters. The summed E-state index contributed by atoms with van der Waals surface area (Å²) < 4.78 is 40.4. The molecule has 1 aliphatic heterocycles. The first kappa shape index (κ1) is 20.7. The Labute approximate surface area is 165 Å². The number of ether oxygens (including phenoxy) is 2. The SMILES string of the molecule is CC(C)(C)OC(=O)N1CCC(OCc2cc3cc(S(C)(=O)=O)ccc3o2)CC1. The predicted molar refractivity (Wildman–Crippen MR) is 105 cm³/mol. The number of sulfone groups is 1. The number of likely N-dealkylation sites (tertiary alicyclic amines) is 1. The molecule has 1 saturated heterocycles. The molecule has 8 heteroatoms. The number of piperidine rings is 1. The van der Waals surface area contributed by atoms with Crippen LogP contribution in [0.25, 0.3) is 11.0 Å². The number of hydrogen-bond donors (Lipinski definition) is 0. The summed E-state index contributed by atoms with van der Waals surface area (Å²) in [5, 5.41) is 0.737. The quantitative estimate of drug-likeness (QED) is 0.764. The van der Waals surface area contributed by atoms with Gasteiger partial charge in [-0.2, -0.15) is 0 Å². The van der Waals surface area contributed by atoms with Crippen molar-refractivity contribution >= 4 is 26.9 Å². The third kappa shape index (κ3) is 5.26. The van der Waals surface area contributed by atoms with Crippen molar-refractivity contribution in [3.63, 3.8) is 0 Å². The van der Waals surface area contributed by atoms with E-state index in [1.165, 1.54) is 12.3 Å². The van der Waals surface area contributed by atoms with Crippen LogP contribution in [-0.2, 0) is 25.9 Å². The van der Waals surface area contributed by atoms with Gasteiger partial charge >= 0.3 is 6.09 Å². The lowest BCUT2D eigenvalue weighted by atomic mass is 10.1. The molecule has 1 aromatic carbocycles. The maximum absolute atomic E-state index is 12.1. The van der Waals surface area contributed by atoms with Gasteiger partial charge in [-0.15, -0.1) is 0 Å². The van der Waals surface area contributed by atoms with Gasteiger partial charge in [0, 0.05) is 24.7 Å². The Balaban J connectivity index is 1.53. The molecule has 3 rings (SSSR count). The Hall–Kier alpha value is -2.06. The van der Waals surface area contributed by atoms with E-state index >= 15 is 0 Å². The monoisotopic (exact) mass is 409 g/mol. The third-order valence-electron chi connectivity index (χ3n) is 4.52. The zero-order chi connectivity index (χ0) is 20.5. The molecule has 1 fully saturated rings. The van der Waals surface area contributed by atoms with Gasteiger partial charge in [0.05, 0.1) is 11.0 Å². The summed E-state index contributed by atoms with van der Waals surface area (Å²) in [7, 11) is -3.25. The van der Waals surface area contributed by atoms with Crippen molar-refractivity contribution in [1.29, 1.82) is 0 Å². The summed E-state index contributed by atoms with van der Waals surface area (Å²) in [5.74, 6) is 0.648. The minimum atomic E-state index is -3.25. The molecular formula is C20H27NO6S. The van der Waals surface area contributed by atoms with Crippen molar-refractivity contribution < 1.29 is 27.1 Å². The lowest BCUT2D eigenvalue weighted by Crippen LogP contribution is -2.43. The van der Waals surface area contributed by atoms with E-state index in [9.17, 15) is 13.2 Å². The molecule has 0 unspecified atom stereocenters. The molecule has 0 radical (unpaired) electrons. The zero-order valence-corrected chi connectivity index (χ0v) is 17.5. The van der Waals surface area contributed by atoms with Gasteiger partial charge in [0.1, 0.15) is 23.6 Å². The number of furan rings is 1. The lowest BCUT2D eigenvalue weighted by Gasteiger charge is -2.33. The molecule has 1 aliphatic rings. The highest BCUT2D eigenvalue weighted by Gasteiger charge is 2.27. The average molecular weight is 410 g/mol. The standard InChI is InChI=1S/C20H27NO6S/c1-20(2,3)27-19(22)21-9-7-15(8-10-21)25-13-16-11-14-12-17(28(4,23)24)5-6-18(14)26-16/h5-6,11-12,15H,7-10,13H2,1-4H3. The number of hydrogen-bond acceptors (Lipinski definition) is 6. The van der Waals surface area contributed by atoms with Crippen molar-refractivity contribution in [3.8, 4) is 0 Å². The van der Waals surface area contributed by atoms with Crippen LogP contribution in [0.5, 0.6) is 0 Å². The highest BCUT2D eigenvalue weighted by Crippen LogP contribution is 2.25. The number of fused-ring (bicyclic) bond motifs is 1. The van der Waals surface area contributed by atoms with Gasteiger partial charge < -0.3 is 18.8 Å². The largest absolute Gasteiger partial charge is 0.459 e. The molecule has 0 aliphatic carbocycles. The Morgan fingerprint density at radius 1 is 1.21 bits per heavy atom. The van der Waals surface area contributed by atoms with Gasteiger partial charge in [-0.25, -0.2) is 13.2 Å². The summed E-state index contributed by atoms with van der Waals surface area (Å²) in [6, 6.07) is 6.61. The highest BCUT2D eigenvalue weighted by atomic mass is 32.2. The molecule has 0 saturated carbocycles. The van der Waals surface area contributed by atoms with Crippen LogP contribution in [0.3, 0.4) is 0 Å². The Morgan fingerprint density at radius 3 is 2.50 bits per heavy atom. The first-order valence-corrected chi connectivity index (χ1v) is 11.2. The summed E-state index contributed by atoms with van der Waals surface area (Å²) in [5.41, 5.74) is 0.133. The second-order valence-electron chi connectivity index (χ2n) is 8.16. The normalized spacial score (nSPS) is 16.5. The van der Waals surface area contributed by atoms with Crippen LogP contribution < -0.4 is 0 Å². The van der Waals surface area contributed by atoms with Crippen LogP contribution in [-0.4, -0.2) is 50.5 Å². The number of benzene rings is 1. The number of carbonyl (C=O) groups is 1. The molecule has 154 valence electrons. The van der Waals surface area contributed by atoms with E-state index in [-0.39, 0.29) is 17.1 Å². The van der Waals surface area contributed by atoms with Crippen LogP contribution in [0.2, 0.25) is 0 Å². The maximum atomic E-state index is 12.1. The number of carbonyl (C=O) groups excluding carboxylic acids is 1. The molecule has 0 spiro atoms. The Kier molecular flexibility index (Phi) is 5.72. The molecule has 1 amide bonds. The third-order valence-corrected chi connectivity index (χ3v) is 5.63. The smallest absolute Gasteiger partial charge is 0.410 e. The molecule has 2 heterocycles. The fourth-order valence-electron chi connectivity index (χ4n) is 3.11. The van der Waals surface area contributed by atoms with Gasteiger partial charge in [0.2, 0.25) is 0 Å². The molecule has 0 N–H and O–H groups in total. The summed E-state index contributed by atoms with van der Waals surface area (Å²) in [4.78, 5) is 14.1. The summed E-state index contributed by atoms with van der Waals surface area (Å²) in [6.07, 6.45) is 2.40. The van der Waals surface area contributed by atoms with Crippen molar-refractivity contribution in [2.45, 2.75) is 56.8 Å². The van der Waals surface area contributed by atoms with Crippen molar-refractivity contribution in [3.05, 3.63) is 30.0 Å². The van der Waals surface area contributed by atoms with Crippen LogP contribution >= 0.6 is 0 Å². The molecule has 1 aromatic heterocycles. The van der Waals surface area contributed by atoms with Crippen molar-refractivity contribution in [2.75, 3.05) is 19.3 Å². The first-order valence-electron chi connectivity index (χ1n) is 9.33. The van der Waals surface area contributed by atoms with Crippen molar-refractivity contribution in [1.82, 2.24) is 4.90 Å². The molecular weight excluding hydrogens is 382 g/mol. The van der Waals surface area contributed by atoms with Crippen LogP contribution in [0, 0.1) is 0 Å². The van der Waals surface area contributed by atoms with Gasteiger partial charge in [-0.3, -0.25) is 0 Å². The van der Waals surface area contributed by atoms with Gasteiger partial charge in [0.25, 0.3) is 0 Å². The van der Waals surface area contributed by atoms with Crippen LogP contribution in [0.4, 0.5) is 4.79 Å². The predicted octanol–water partition coefficient (Wildman–Crippen LogP) is 3.75. The average Bonchev–Trinajstić information content (AvgIpc) is 3.00. The van der Waals surface area contributed by atoms with E-state index in [1.807, 2.05) is 20.8 Å². The second kappa shape index (κ2) is 7.75. The minimum Gasteiger partial charge on any atom is -0.459 e. The van der Waals surface area contributed by atoms with E-state index in [0.29, 0.717) is 31.0 Å². The number of nitrogens with zero attached hydrogens (tertiary/aromatic N) is 1. The number of rotatable bonds is 4. The molecule has 28 heavy (non-hydrogen) atoms. The Morgan fingerprint density at radius 2 is 1.89 bits per heavy atom. The van der Waals surface area contributed by atoms with Crippen LogP contribution in [0.1, 0.15) is 39.4 Å². The first-order chi connectivity index (χ1) is 13.0. The minimum absolute atomic E-state index is 0.0403. The molecule has 7 nitrogen and oxygen atoms in total. The fraction of sp³-hybridized carbons (Fsp3) is 0.550.